The van der Waals surface area contributed by atoms with Crippen molar-refractivity contribution >= 4 is 28.6 Å². The van der Waals surface area contributed by atoms with Gasteiger partial charge in [-0.1, -0.05) is 54.2 Å². The predicted octanol–water partition coefficient (Wildman–Crippen LogP) is 4.97. The Bertz CT molecular complexity index is 1450. The molecule has 7 nitrogen and oxygen atoms in total. The number of hydrogen-bond donors (Lipinski definition) is 0. The molecule has 36 heavy (non-hydrogen) atoms. The third-order valence-electron chi connectivity index (χ3n) is 5.95. The molecule has 4 aromatic rings. The van der Waals surface area contributed by atoms with Gasteiger partial charge in [-0.05, 0) is 43.2 Å². The second-order valence-corrected chi connectivity index (χ2v) is 9.29. The van der Waals surface area contributed by atoms with Gasteiger partial charge in [0.15, 0.2) is 11.9 Å². The molecule has 3 aromatic carbocycles. The maximum atomic E-state index is 13.4. The fraction of sp³-hybridized carbons (Fsp3) is 0.250. The highest BCUT2D eigenvalue weighted by Gasteiger charge is 2.21. The number of hydrogen-bond acceptors (Lipinski definition) is 7. The molecule has 2 heterocycles. The zero-order valence-corrected chi connectivity index (χ0v) is 20.8. The zero-order chi connectivity index (χ0) is 24.9. The summed E-state index contributed by atoms with van der Waals surface area (Å²) in [4.78, 5) is 30.7. The van der Waals surface area contributed by atoms with Gasteiger partial charge in [-0.3, -0.25) is 9.36 Å². The minimum Gasteiger partial charge on any atom is -0.467 e. The van der Waals surface area contributed by atoms with Crippen molar-refractivity contribution in [1.82, 2.24) is 9.55 Å². The van der Waals surface area contributed by atoms with Crippen molar-refractivity contribution in [2.24, 2.45) is 0 Å². The van der Waals surface area contributed by atoms with Gasteiger partial charge in [0.2, 0.25) is 0 Å². The van der Waals surface area contributed by atoms with E-state index in [2.05, 4.69) is 12.1 Å². The monoisotopic (exact) mass is 502 g/mol. The van der Waals surface area contributed by atoms with Crippen LogP contribution in [0.5, 0.6) is 5.75 Å². The molecule has 0 fully saturated rings. The lowest BCUT2D eigenvalue weighted by Gasteiger charge is -2.22. The molecule has 0 bridgehead atoms. The lowest BCUT2D eigenvalue weighted by Crippen LogP contribution is -2.24. The molecule has 0 spiro atoms. The van der Waals surface area contributed by atoms with Gasteiger partial charge in [0.05, 0.1) is 29.7 Å². The number of fused-ring (bicyclic) bond motifs is 2. The van der Waals surface area contributed by atoms with E-state index in [0.717, 1.165) is 16.7 Å². The molecule has 1 aliphatic heterocycles. The zero-order valence-electron chi connectivity index (χ0n) is 19.9. The first kappa shape index (κ1) is 24.1. The topological polar surface area (TPSA) is 79.7 Å². The molecule has 5 rings (SSSR count). The van der Waals surface area contributed by atoms with Crippen LogP contribution in [0, 0.1) is 0 Å². The number of thioether (sulfide) groups is 1. The molecular formula is C28H26N2O5S. The molecule has 1 aliphatic rings. The highest BCUT2D eigenvalue weighted by Crippen LogP contribution is 2.34. The quantitative estimate of drug-likeness (QED) is 0.191. The van der Waals surface area contributed by atoms with Crippen molar-refractivity contribution in [3.63, 3.8) is 0 Å². The number of ether oxygens (including phenoxy) is 3. The Morgan fingerprint density at radius 2 is 1.92 bits per heavy atom. The van der Waals surface area contributed by atoms with Crippen molar-refractivity contribution in [1.29, 1.82) is 0 Å². The highest BCUT2D eigenvalue weighted by molar-refractivity contribution is 7.98. The number of carbonyl (C=O) groups is 1. The van der Waals surface area contributed by atoms with Crippen molar-refractivity contribution in [3.05, 3.63) is 99.3 Å². The molecule has 0 amide bonds. The Kier molecular flexibility index (Phi) is 7.34. The molecule has 0 unspecified atom stereocenters. The smallest absolute Gasteiger partial charge is 0.338 e. The Labute approximate surface area is 213 Å². The van der Waals surface area contributed by atoms with Crippen LogP contribution in [0.1, 0.15) is 34.0 Å². The Hall–Kier alpha value is -3.62. The Morgan fingerprint density at radius 3 is 2.75 bits per heavy atom. The van der Waals surface area contributed by atoms with Gasteiger partial charge < -0.3 is 14.2 Å². The number of esters is 1. The van der Waals surface area contributed by atoms with Crippen LogP contribution in [-0.4, -0.2) is 28.9 Å². The van der Waals surface area contributed by atoms with E-state index in [1.165, 1.54) is 11.8 Å². The van der Waals surface area contributed by atoms with E-state index in [9.17, 15) is 9.59 Å². The summed E-state index contributed by atoms with van der Waals surface area (Å²) in [5, 5.41) is 1.22. The molecular weight excluding hydrogens is 476 g/mol. The summed E-state index contributed by atoms with van der Waals surface area (Å²) >= 11 is 1.45. The van der Waals surface area contributed by atoms with Crippen molar-refractivity contribution in [3.8, 4) is 5.75 Å². The maximum Gasteiger partial charge on any atom is 0.338 e. The van der Waals surface area contributed by atoms with E-state index in [-0.39, 0.29) is 18.3 Å². The van der Waals surface area contributed by atoms with Gasteiger partial charge in [-0.2, -0.15) is 0 Å². The van der Waals surface area contributed by atoms with Crippen LogP contribution in [0.15, 0.2) is 76.7 Å². The molecule has 0 N–H and O–H groups in total. The first-order valence-electron chi connectivity index (χ1n) is 11.8. The number of benzene rings is 3. The van der Waals surface area contributed by atoms with Crippen molar-refractivity contribution in [2.75, 3.05) is 13.4 Å². The minimum absolute atomic E-state index is 0.0639. The standard InChI is InChI=1S/C28H26N2O5S/c1-2-34-27(32)20-14-21-16-33-18-35-25(21)22(15-20)17-36-28-29-24-11-7-6-10-23(24)26(31)30(28)13-12-19-8-4-3-5-9-19/h3-11,14-15H,2,12-13,16-18H2,1H3. The molecule has 8 heteroatoms. The van der Waals surface area contributed by atoms with E-state index < -0.39 is 0 Å². The molecule has 1 aromatic heterocycles. The Balaban J connectivity index is 1.49. The summed E-state index contributed by atoms with van der Waals surface area (Å²) < 4.78 is 18.2. The molecule has 0 atom stereocenters. The van der Waals surface area contributed by atoms with Crippen LogP contribution >= 0.6 is 11.8 Å². The second-order valence-electron chi connectivity index (χ2n) is 8.35. The summed E-state index contributed by atoms with van der Waals surface area (Å²) in [5.74, 6) is 0.785. The molecule has 0 saturated carbocycles. The summed E-state index contributed by atoms with van der Waals surface area (Å²) in [5.41, 5.74) is 3.83. The number of rotatable bonds is 8. The second kappa shape index (κ2) is 11.0. The van der Waals surface area contributed by atoms with Gasteiger partial charge in [0.1, 0.15) is 5.75 Å². The van der Waals surface area contributed by atoms with Gasteiger partial charge in [-0.25, -0.2) is 9.78 Å². The summed E-state index contributed by atoms with van der Waals surface area (Å²) in [6.45, 7) is 3.09. The fourth-order valence-electron chi connectivity index (χ4n) is 4.22. The third kappa shape index (κ3) is 5.15. The van der Waals surface area contributed by atoms with E-state index >= 15 is 0 Å². The van der Waals surface area contributed by atoms with E-state index in [1.807, 2.05) is 42.5 Å². The number of para-hydroxylation sites is 1. The maximum absolute atomic E-state index is 13.4. The van der Waals surface area contributed by atoms with Crippen LogP contribution in [0.2, 0.25) is 0 Å². The van der Waals surface area contributed by atoms with E-state index in [0.29, 0.717) is 59.3 Å². The first-order chi connectivity index (χ1) is 17.6. The predicted molar refractivity (Wildman–Crippen MR) is 138 cm³/mol. The molecule has 0 radical (unpaired) electrons. The lowest BCUT2D eigenvalue weighted by molar-refractivity contribution is -0.0169. The molecule has 184 valence electrons. The molecule has 0 saturated heterocycles. The minimum atomic E-state index is -0.388. The van der Waals surface area contributed by atoms with Crippen LogP contribution in [0.3, 0.4) is 0 Å². The van der Waals surface area contributed by atoms with Crippen LogP contribution in [0.25, 0.3) is 10.9 Å². The lowest BCUT2D eigenvalue weighted by atomic mass is 10.0. The van der Waals surface area contributed by atoms with Crippen molar-refractivity contribution < 1.29 is 19.0 Å². The van der Waals surface area contributed by atoms with Crippen LogP contribution in [-0.2, 0) is 34.8 Å². The van der Waals surface area contributed by atoms with Crippen LogP contribution < -0.4 is 10.3 Å². The molecule has 0 aliphatic carbocycles. The summed E-state index contributed by atoms with van der Waals surface area (Å²) in [7, 11) is 0. The van der Waals surface area contributed by atoms with Crippen molar-refractivity contribution in [2.45, 2.75) is 37.4 Å². The van der Waals surface area contributed by atoms with E-state index in [4.69, 9.17) is 19.2 Å². The normalized spacial score (nSPS) is 12.7. The largest absolute Gasteiger partial charge is 0.467 e. The van der Waals surface area contributed by atoms with Gasteiger partial charge in [-0.15, -0.1) is 0 Å². The van der Waals surface area contributed by atoms with E-state index in [1.54, 1.807) is 23.6 Å². The SMILES string of the molecule is CCOC(=O)c1cc2c(c(CSc3nc4ccccc4c(=O)n3CCc3ccccc3)c1)OCOC2. The summed E-state index contributed by atoms with van der Waals surface area (Å²) in [6.07, 6.45) is 0.711. The van der Waals surface area contributed by atoms with Gasteiger partial charge >= 0.3 is 5.97 Å². The van der Waals surface area contributed by atoms with Gasteiger partial charge in [0.25, 0.3) is 5.56 Å². The number of aryl methyl sites for hydroxylation is 1. The average Bonchev–Trinajstić information content (AvgIpc) is 2.92. The highest BCUT2D eigenvalue weighted by atomic mass is 32.2. The van der Waals surface area contributed by atoms with Crippen LogP contribution in [0.4, 0.5) is 0 Å². The first-order valence-corrected chi connectivity index (χ1v) is 12.8. The fourth-order valence-corrected chi connectivity index (χ4v) is 5.21. The Morgan fingerprint density at radius 1 is 1.11 bits per heavy atom. The average molecular weight is 503 g/mol. The summed E-state index contributed by atoms with van der Waals surface area (Å²) in [6, 6.07) is 21.0. The number of nitrogens with zero attached hydrogens (tertiary/aromatic N) is 2. The number of aromatic nitrogens is 2. The van der Waals surface area contributed by atoms with Gasteiger partial charge in [0, 0.05) is 23.4 Å². The number of carbonyl (C=O) groups excluding carboxylic acids is 1. The third-order valence-corrected chi connectivity index (χ3v) is 6.97.